The van der Waals surface area contributed by atoms with E-state index >= 15 is 0 Å². The summed E-state index contributed by atoms with van der Waals surface area (Å²) in [4.78, 5) is 0. The van der Waals surface area contributed by atoms with E-state index in [0.717, 1.165) is 11.1 Å². The Morgan fingerprint density at radius 2 is 1.85 bits per heavy atom. The number of methoxy groups -OCH3 is 1. The Morgan fingerprint density at radius 1 is 1.08 bits per heavy atom. The van der Waals surface area contributed by atoms with Gasteiger partial charge in [0.15, 0.2) is 11.5 Å². The molecule has 3 unspecified atom stereocenters. The number of hydrogen-bond acceptors (Lipinski definition) is 6. The third-order valence-electron chi connectivity index (χ3n) is 5.04. The Bertz CT molecular complexity index is 760. The van der Waals surface area contributed by atoms with E-state index in [1.165, 1.54) is 7.11 Å². The highest BCUT2D eigenvalue weighted by molar-refractivity contribution is 5.43. The number of aromatic hydroxyl groups is 2. The molecule has 1 fully saturated rings. The summed E-state index contributed by atoms with van der Waals surface area (Å²) in [7, 11) is 1.49. The van der Waals surface area contributed by atoms with Crippen LogP contribution in [0.1, 0.15) is 22.8 Å². The molecule has 2 aromatic rings. The average Bonchev–Trinajstić information content (AvgIpc) is 3.06. The molecule has 6 nitrogen and oxygen atoms in total. The van der Waals surface area contributed by atoms with E-state index in [0.29, 0.717) is 24.3 Å². The zero-order chi connectivity index (χ0) is 18.7. The number of rotatable bonds is 6. The number of phenols is 2. The molecule has 0 spiro atoms. The Kier molecular flexibility index (Phi) is 5.66. The first kappa shape index (κ1) is 18.5. The molecule has 0 amide bonds. The highest BCUT2D eigenvalue weighted by Crippen LogP contribution is 2.42. The lowest BCUT2D eigenvalue weighted by Crippen LogP contribution is -2.21. The van der Waals surface area contributed by atoms with Crippen LogP contribution in [0.3, 0.4) is 0 Å². The summed E-state index contributed by atoms with van der Waals surface area (Å²) in [6.07, 6.45) is 0.387. The molecule has 3 atom stereocenters. The van der Waals surface area contributed by atoms with Gasteiger partial charge in [0.2, 0.25) is 0 Å². The second kappa shape index (κ2) is 7.95. The topological polar surface area (TPSA) is 99.4 Å². The molecule has 26 heavy (non-hydrogen) atoms. The molecule has 0 radical (unpaired) electrons. The van der Waals surface area contributed by atoms with Crippen molar-refractivity contribution in [2.24, 2.45) is 11.8 Å². The lowest BCUT2D eigenvalue weighted by Gasteiger charge is -2.22. The quantitative estimate of drug-likeness (QED) is 0.630. The molecule has 1 saturated heterocycles. The molecule has 4 N–H and O–H groups in total. The van der Waals surface area contributed by atoms with Crippen LogP contribution in [0.15, 0.2) is 36.4 Å². The molecule has 0 aromatic heterocycles. The minimum absolute atomic E-state index is 0.0243. The summed E-state index contributed by atoms with van der Waals surface area (Å²) < 4.78 is 11.1. The molecular weight excluding hydrogens is 336 g/mol. The van der Waals surface area contributed by atoms with Crippen LogP contribution < -0.4 is 4.74 Å². The SMILES string of the molecule is COc1cc(C2OCC(Cc3ccc(O)c(CO)c3)C2CO)ccc1O. The van der Waals surface area contributed by atoms with Crippen LogP contribution in [0.5, 0.6) is 17.2 Å². The van der Waals surface area contributed by atoms with Crippen LogP contribution in [0.4, 0.5) is 0 Å². The van der Waals surface area contributed by atoms with E-state index in [1.54, 1.807) is 30.3 Å². The normalized spacial score (nSPS) is 22.5. The van der Waals surface area contributed by atoms with Crippen LogP contribution in [0.2, 0.25) is 0 Å². The largest absolute Gasteiger partial charge is 0.508 e. The Morgan fingerprint density at radius 3 is 2.54 bits per heavy atom. The Labute approximate surface area is 152 Å². The minimum Gasteiger partial charge on any atom is -0.508 e. The predicted molar refractivity (Wildman–Crippen MR) is 95.2 cm³/mol. The smallest absolute Gasteiger partial charge is 0.160 e. The van der Waals surface area contributed by atoms with Crippen molar-refractivity contribution in [3.8, 4) is 17.2 Å². The fourth-order valence-corrected chi connectivity index (χ4v) is 3.59. The fraction of sp³-hybridized carbons (Fsp3) is 0.400. The van der Waals surface area contributed by atoms with Crippen molar-refractivity contribution >= 4 is 0 Å². The summed E-state index contributed by atoms with van der Waals surface area (Å²) >= 11 is 0. The molecule has 1 aliphatic heterocycles. The average molecular weight is 360 g/mol. The highest BCUT2D eigenvalue weighted by atomic mass is 16.5. The molecular formula is C20H24O6. The maximum atomic E-state index is 9.93. The van der Waals surface area contributed by atoms with Crippen molar-refractivity contribution in [2.75, 3.05) is 20.3 Å². The number of aliphatic hydroxyl groups is 2. The lowest BCUT2D eigenvalue weighted by atomic mass is 9.84. The summed E-state index contributed by atoms with van der Waals surface area (Å²) in [5.41, 5.74) is 2.31. The van der Waals surface area contributed by atoms with Crippen LogP contribution in [0, 0.1) is 11.8 Å². The summed E-state index contributed by atoms with van der Waals surface area (Å²) in [6.45, 7) is 0.248. The van der Waals surface area contributed by atoms with Crippen molar-refractivity contribution in [3.05, 3.63) is 53.1 Å². The van der Waals surface area contributed by atoms with Crippen molar-refractivity contribution in [2.45, 2.75) is 19.1 Å². The first-order valence-electron chi connectivity index (χ1n) is 8.58. The van der Waals surface area contributed by atoms with Gasteiger partial charge >= 0.3 is 0 Å². The summed E-state index contributed by atoms with van der Waals surface area (Å²) in [6, 6.07) is 10.2. The van der Waals surface area contributed by atoms with E-state index in [-0.39, 0.29) is 42.7 Å². The van der Waals surface area contributed by atoms with Gasteiger partial charge in [0.1, 0.15) is 5.75 Å². The molecule has 140 valence electrons. The predicted octanol–water partition coefficient (Wildman–Crippen LogP) is 2.14. The molecule has 3 rings (SSSR count). The van der Waals surface area contributed by atoms with Crippen LogP contribution in [-0.4, -0.2) is 40.7 Å². The zero-order valence-corrected chi connectivity index (χ0v) is 14.6. The van der Waals surface area contributed by atoms with E-state index in [9.17, 15) is 20.4 Å². The van der Waals surface area contributed by atoms with Gasteiger partial charge in [-0.15, -0.1) is 0 Å². The number of ether oxygens (including phenoxy) is 2. The van der Waals surface area contributed by atoms with Crippen molar-refractivity contribution in [3.63, 3.8) is 0 Å². The second-order valence-corrected chi connectivity index (χ2v) is 6.62. The van der Waals surface area contributed by atoms with E-state index in [4.69, 9.17) is 9.47 Å². The van der Waals surface area contributed by atoms with E-state index in [2.05, 4.69) is 0 Å². The monoisotopic (exact) mass is 360 g/mol. The van der Waals surface area contributed by atoms with Gasteiger partial charge in [0.25, 0.3) is 0 Å². The molecule has 0 aliphatic carbocycles. The van der Waals surface area contributed by atoms with Gasteiger partial charge in [-0.1, -0.05) is 12.1 Å². The molecule has 0 saturated carbocycles. The summed E-state index contributed by atoms with van der Waals surface area (Å²) in [5, 5.41) is 38.7. The zero-order valence-electron chi connectivity index (χ0n) is 14.6. The van der Waals surface area contributed by atoms with E-state index < -0.39 is 0 Å². The van der Waals surface area contributed by atoms with Crippen molar-refractivity contribution < 1.29 is 29.9 Å². The Balaban J connectivity index is 1.79. The fourth-order valence-electron chi connectivity index (χ4n) is 3.59. The maximum absolute atomic E-state index is 9.93. The maximum Gasteiger partial charge on any atom is 0.160 e. The third kappa shape index (κ3) is 3.62. The van der Waals surface area contributed by atoms with Crippen LogP contribution >= 0.6 is 0 Å². The number of aliphatic hydroxyl groups excluding tert-OH is 2. The molecule has 0 bridgehead atoms. The van der Waals surface area contributed by atoms with Gasteiger partial charge in [-0.25, -0.2) is 0 Å². The number of hydrogen-bond donors (Lipinski definition) is 4. The molecule has 2 aromatic carbocycles. The standard InChI is InChI=1S/C20H24O6/c1-25-19-8-13(3-5-18(19)24)20-16(10-22)15(11-26-20)7-12-2-4-17(23)14(6-12)9-21/h2-6,8,15-16,20-24H,7,9-11H2,1H3. The van der Waals surface area contributed by atoms with Gasteiger partial charge < -0.3 is 29.9 Å². The van der Waals surface area contributed by atoms with Crippen LogP contribution in [0.25, 0.3) is 0 Å². The minimum atomic E-state index is -0.283. The summed E-state index contributed by atoms with van der Waals surface area (Å²) in [5.74, 6) is 0.507. The second-order valence-electron chi connectivity index (χ2n) is 6.62. The number of benzene rings is 2. The molecule has 1 aliphatic rings. The van der Waals surface area contributed by atoms with Gasteiger partial charge in [0.05, 0.1) is 26.4 Å². The highest BCUT2D eigenvalue weighted by Gasteiger charge is 2.38. The van der Waals surface area contributed by atoms with Crippen molar-refractivity contribution in [1.82, 2.24) is 0 Å². The van der Waals surface area contributed by atoms with Crippen LogP contribution in [-0.2, 0) is 17.8 Å². The Hall–Kier alpha value is -2.28. The van der Waals surface area contributed by atoms with Gasteiger partial charge in [-0.05, 0) is 47.7 Å². The third-order valence-corrected chi connectivity index (χ3v) is 5.04. The van der Waals surface area contributed by atoms with Gasteiger partial charge in [-0.2, -0.15) is 0 Å². The lowest BCUT2D eigenvalue weighted by molar-refractivity contribution is 0.0717. The number of phenolic OH excluding ortho intramolecular Hbond substituents is 1. The molecule has 6 heteroatoms. The first-order chi connectivity index (χ1) is 12.6. The van der Waals surface area contributed by atoms with Gasteiger partial charge in [-0.3, -0.25) is 0 Å². The van der Waals surface area contributed by atoms with Gasteiger partial charge in [0, 0.05) is 18.1 Å². The molecule has 1 heterocycles. The van der Waals surface area contributed by atoms with Crippen molar-refractivity contribution in [1.29, 1.82) is 0 Å². The first-order valence-corrected chi connectivity index (χ1v) is 8.58. The van der Waals surface area contributed by atoms with E-state index in [1.807, 2.05) is 6.07 Å².